The normalized spacial score (nSPS) is 10.5. The lowest BCUT2D eigenvalue weighted by molar-refractivity contribution is 0.368. The molecule has 0 saturated heterocycles. The molecule has 0 spiro atoms. The molecule has 0 atom stereocenters. The van der Waals surface area contributed by atoms with Gasteiger partial charge in [-0.2, -0.15) is 0 Å². The van der Waals surface area contributed by atoms with Crippen LogP contribution in [-0.2, 0) is 5.75 Å². The number of benzene rings is 1. The van der Waals surface area contributed by atoms with E-state index >= 15 is 0 Å². The molecule has 0 saturated carbocycles. The van der Waals surface area contributed by atoms with Crippen LogP contribution in [0.15, 0.2) is 18.2 Å². The maximum atomic E-state index is 9.70. The molecule has 0 amide bonds. The number of thiocarbonyl (C=S) groups is 1. The molecule has 5 heteroatoms. The fourth-order valence-corrected chi connectivity index (χ4v) is 2.29. The summed E-state index contributed by atoms with van der Waals surface area (Å²) < 4.78 is 0.699. The van der Waals surface area contributed by atoms with Crippen molar-refractivity contribution in [1.82, 2.24) is 10.4 Å². The van der Waals surface area contributed by atoms with Crippen LogP contribution in [0.5, 0.6) is 5.75 Å². The van der Waals surface area contributed by atoms with Gasteiger partial charge < -0.3 is 10.5 Å². The van der Waals surface area contributed by atoms with Crippen LogP contribution in [0.25, 0.3) is 0 Å². The number of hydrogen-bond donors (Lipinski definition) is 2. The third kappa shape index (κ3) is 4.38. The Morgan fingerprint density at radius 1 is 1.50 bits per heavy atom. The van der Waals surface area contributed by atoms with E-state index in [4.69, 9.17) is 12.2 Å². The third-order valence-corrected chi connectivity index (χ3v) is 3.17. The molecular weight excluding hydrogens is 240 g/mol. The highest BCUT2D eigenvalue weighted by molar-refractivity contribution is 8.22. The Morgan fingerprint density at radius 2 is 2.19 bits per heavy atom. The summed E-state index contributed by atoms with van der Waals surface area (Å²) in [5.41, 5.74) is 4.95. The minimum absolute atomic E-state index is 0.333. The maximum absolute atomic E-state index is 9.70. The lowest BCUT2D eigenvalue weighted by Gasteiger charge is -2.13. The molecule has 0 heterocycles. The number of aryl methyl sites for hydroxylation is 1. The van der Waals surface area contributed by atoms with Gasteiger partial charge in [-0.1, -0.05) is 36.1 Å². The van der Waals surface area contributed by atoms with E-state index in [1.54, 1.807) is 11.1 Å². The molecule has 88 valence electrons. The van der Waals surface area contributed by atoms with E-state index < -0.39 is 0 Å². The second-order valence-electron chi connectivity index (χ2n) is 3.71. The van der Waals surface area contributed by atoms with Crippen molar-refractivity contribution in [3.8, 4) is 5.75 Å². The minimum atomic E-state index is 0.333. The summed E-state index contributed by atoms with van der Waals surface area (Å²) in [5.74, 6) is 1.01. The average Bonchev–Trinajstić information content (AvgIpc) is 2.15. The van der Waals surface area contributed by atoms with Gasteiger partial charge in [0.25, 0.3) is 0 Å². The number of phenols is 1. The monoisotopic (exact) mass is 256 g/mol. The standard InChI is InChI=1S/C11H16N2OS2/c1-8-4-5-9(10(14)6-8)7-16-11(15)12-13(2)3/h4-6,14H,7H2,1-3H3,(H,12,15). The lowest BCUT2D eigenvalue weighted by Crippen LogP contribution is -2.33. The van der Waals surface area contributed by atoms with E-state index in [0.717, 1.165) is 11.1 Å². The van der Waals surface area contributed by atoms with Gasteiger partial charge in [0.05, 0.1) is 0 Å². The molecule has 0 aliphatic heterocycles. The van der Waals surface area contributed by atoms with Gasteiger partial charge in [0.1, 0.15) is 10.1 Å². The minimum Gasteiger partial charge on any atom is -0.508 e. The largest absolute Gasteiger partial charge is 0.508 e. The molecule has 0 unspecified atom stereocenters. The number of nitrogens with one attached hydrogen (secondary N) is 1. The van der Waals surface area contributed by atoms with E-state index in [0.29, 0.717) is 15.8 Å². The second kappa shape index (κ2) is 6.08. The zero-order valence-corrected chi connectivity index (χ0v) is 11.3. The summed E-state index contributed by atoms with van der Waals surface area (Å²) in [7, 11) is 3.77. The van der Waals surface area contributed by atoms with Crippen LogP contribution in [0.3, 0.4) is 0 Å². The Morgan fingerprint density at radius 3 is 2.75 bits per heavy atom. The zero-order chi connectivity index (χ0) is 12.1. The predicted molar refractivity (Wildman–Crippen MR) is 73.6 cm³/mol. The molecule has 0 fully saturated rings. The summed E-state index contributed by atoms with van der Waals surface area (Å²) in [6.07, 6.45) is 0. The summed E-state index contributed by atoms with van der Waals surface area (Å²) in [6, 6.07) is 5.67. The summed E-state index contributed by atoms with van der Waals surface area (Å²) in [5, 5.41) is 11.5. The van der Waals surface area contributed by atoms with Gasteiger partial charge in [0.2, 0.25) is 0 Å². The Bertz CT molecular complexity index is 380. The molecule has 0 aliphatic carbocycles. The smallest absolute Gasteiger partial charge is 0.148 e. The van der Waals surface area contributed by atoms with Gasteiger partial charge >= 0.3 is 0 Å². The van der Waals surface area contributed by atoms with Crippen molar-refractivity contribution in [3.63, 3.8) is 0 Å². The predicted octanol–water partition coefficient (Wildman–Crippen LogP) is 2.28. The van der Waals surface area contributed by atoms with Crippen molar-refractivity contribution in [1.29, 1.82) is 0 Å². The number of phenolic OH excluding ortho intramolecular Hbond substituents is 1. The van der Waals surface area contributed by atoms with Crippen LogP contribution in [0.2, 0.25) is 0 Å². The highest BCUT2D eigenvalue weighted by atomic mass is 32.2. The van der Waals surface area contributed by atoms with Crippen LogP contribution in [0.1, 0.15) is 11.1 Å². The fourth-order valence-electron chi connectivity index (χ4n) is 1.15. The van der Waals surface area contributed by atoms with E-state index in [2.05, 4.69) is 5.43 Å². The SMILES string of the molecule is Cc1ccc(CSC(=S)NN(C)C)c(O)c1. The van der Waals surface area contributed by atoms with Crippen LogP contribution >= 0.6 is 24.0 Å². The van der Waals surface area contributed by atoms with Gasteiger partial charge in [-0.15, -0.1) is 0 Å². The van der Waals surface area contributed by atoms with E-state index in [1.165, 1.54) is 11.8 Å². The van der Waals surface area contributed by atoms with Crippen molar-refractivity contribution in [2.24, 2.45) is 0 Å². The molecule has 0 aliphatic rings. The van der Waals surface area contributed by atoms with Crippen molar-refractivity contribution in [2.75, 3.05) is 14.1 Å². The Kier molecular flexibility index (Phi) is 5.05. The molecule has 0 radical (unpaired) electrons. The number of nitrogens with zero attached hydrogens (tertiary/aromatic N) is 1. The molecule has 3 nitrogen and oxygen atoms in total. The fraction of sp³-hybridized carbons (Fsp3) is 0.364. The average molecular weight is 256 g/mol. The first kappa shape index (κ1) is 13.3. The van der Waals surface area contributed by atoms with Crippen molar-refractivity contribution in [3.05, 3.63) is 29.3 Å². The van der Waals surface area contributed by atoms with Crippen LogP contribution in [0.4, 0.5) is 0 Å². The lowest BCUT2D eigenvalue weighted by atomic mass is 10.1. The van der Waals surface area contributed by atoms with Gasteiger partial charge in [-0.05, 0) is 18.6 Å². The molecule has 1 aromatic carbocycles. The first-order valence-corrected chi connectivity index (χ1v) is 6.27. The number of aromatic hydroxyl groups is 1. The van der Waals surface area contributed by atoms with Crippen LogP contribution in [-0.4, -0.2) is 28.5 Å². The molecule has 0 bridgehead atoms. The first-order valence-electron chi connectivity index (χ1n) is 4.88. The molecular formula is C11H16N2OS2. The van der Waals surface area contributed by atoms with Crippen molar-refractivity contribution < 1.29 is 5.11 Å². The number of thioether (sulfide) groups is 1. The highest BCUT2D eigenvalue weighted by Gasteiger charge is 2.04. The summed E-state index contributed by atoms with van der Waals surface area (Å²) >= 11 is 6.62. The van der Waals surface area contributed by atoms with Crippen LogP contribution < -0.4 is 5.43 Å². The molecule has 16 heavy (non-hydrogen) atoms. The van der Waals surface area contributed by atoms with E-state index in [-0.39, 0.29) is 0 Å². The molecule has 1 rings (SSSR count). The number of hydrogen-bond acceptors (Lipinski definition) is 4. The topological polar surface area (TPSA) is 35.5 Å². The van der Waals surface area contributed by atoms with Gasteiger partial charge in [-0.25, -0.2) is 5.01 Å². The third-order valence-electron chi connectivity index (χ3n) is 1.91. The van der Waals surface area contributed by atoms with E-state index in [9.17, 15) is 5.11 Å². The second-order valence-corrected chi connectivity index (χ2v) is 5.37. The zero-order valence-electron chi connectivity index (χ0n) is 9.65. The Balaban J connectivity index is 2.51. The quantitative estimate of drug-likeness (QED) is 0.641. The van der Waals surface area contributed by atoms with E-state index in [1.807, 2.05) is 33.2 Å². The molecule has 1 aromatic rings. The van der Waals surface area contributed by atoms with Crippen LogP contribution in [0, 0.1) is 6.92 Å². The Hall–Kier alpha value is -0.780. The first-order chi connectivity index (χ1) is 7.49. The molecule has 2 N–H and O–H groups in total. The van der Waals surface area contributed by atoms with Crippen molar-refractivity contribution >= 4 is 28.3 Å². The van der Waals surface area contributed by atoms with Gasteiger partial charge in [-0.3, -0.25) is 0 Å². The summed E-state index contributed by atoms with van der Waals surface area (Å²) in [6.45, 7) is 1.95. The maximum Gasteiger partial charge on any atom is 0.148 e. The number of rotatable bonds is 3. The highest BCUT2D eigenvalue weighted by Crippen LogP contribution is 2.23. The van der Waals surface area contributed by atoms with Crippen molar-refractivity contribution in [2.45, 2.75) is 12.7 Å². The van der Waals surface area contributed by atoms with Gasteiger partial charge in [0, 0.05) is 25.4 Å². The summed E-state index contributed by atoms with van der Waals surface area (Å²) in [4.78, 5) is 0. The number of hydrazine groups is 1. The van der Waals surface area contributed by atoms with Gasteiger partial charge in [0.15, 0.2) is 0 Å². The Labute approximate surface area is 106 Å². The molecule has 0 aromatic heterocycles.